The third-order valence-electron chi connectivity index (χ3n) is 1.75. The molecule has 0 atom stereocenters. The van der Waals surface area contributed by atoms with Crippen LogP contribution in [0.1, 0.15) is 5.56 Å². The summed E-state index contributed by atoms with van der Waals surface area (Å²) in [6, 6.07) is 2.61. The van der Waals surface area contributed by atoms with Crippen molar-refractivity contribution in [2.45, 2.75) is 6.05 Å². The van der Waals surface area contributed by atoms with E-state index in [1.165, 1.54) is 38.4 Å². The Hall–Kier alpha value is -0.670. The second kappa shape index (κ2) is 3.60. The van der Waals surface area contributed by atoms with Gasteiger partial charge in [0.25, 0.3) is 0 Å². The molecule has 0 saturated carbocycles. The lowest BCUT2D eigenvalue weighted by Crippen LogP contribution is -2.32. The van der Waals surface area contributed by atoms with Gasteiger partial charge in [-0.1, -0.05) is 23.7 Å². The first-order valence-electron chi connectivity index (χ1n) is 3.76. The van der Waals surface area contributed by atoms with Crippen molar-refractivity contribution in [1.29, 1.82) is 0 Å². The van der Waals surface area contributed by atoms with Gasteiger partial charge in [-0.25, -0.2) is 4.90 Å². The van der Waals surface area contributed by atoms with E-state index >= 15 is 0 Å². The molecule has 4 heteroatoms. The summed E-state index contributed by atoms with van der Waals surface area (Å²) in [5, 5.41) is 0.457. The van der Waals surface area contributed by atoms with E-state index in [0.29, 0.717) is 5.02 Å². The Morgan fingerprint density at radius 3 is 2.00 bits per heavy atom. The highest BCUT2D eigenvalue weighted by Gasteiger charge is 2.33. The molecule has 0 aliphatic rings. The Morgan fingerprint density at radius 2 is 1.62 bits per heavy atom. The van der Waals surface area contributed by atoms with Crippen LogP contribution >= 0.6 is 11.6 Å². The van der Waals surface area contributed by atoms with Gasteiger partial charge in [0.1, 0.15) is 0 Å². The van der Waals surface area contributed by atoms with E-state index in [2.05, 4.69) is 0 Å². The maximum atomic E-state index is 13.3. The summed E-state index contributed by atoms with van der Waals surface area (Å²) in [6.45, 7) is 0. The van der Waals surface area contributed by atoms with E-state index in [0.717, 1.165) is 4.90 Å². The zero-order valence-electron chi connectivity index (χ0n) is 7.39. The minimum atomic E-state index is -2.94. The second-order valence-electron chi connectivity index (χ2n) is 2.94. The molecule has 0 aliphatic heterocycles. The molecule has 1 rings (SSSR count). The van der Waals surface area contributed by atoms with E-state index < -0.39 is 6.05 Å². The fourth-order valence-corrected chi connectivity index (χ4v) is 1.03. The summed E-state index contributed by atoms with van der Waals surface area (Å²) < 4.78 is 26.6. The molecule has 0 saturated heterocycles. The summed E-state index contributed by atoms with van der Waals surface area (Å²) in [4.78, 5) is 0.857. The number of halogens is 3. The molecule has 0 N–H and O–H groups in total. The topological polar surface area (TPSA) is 3.24 Å². The lowest BCUT2D eigenvalue weighted by Gasteiger charge is -2.23. The van der Waals surface area contributed by atoms with Crippen molar-refractivity contribution >= 4 is 11.6 Å². The normalized spacial score (nSPS) is 12.2. The Morgan fingerprint density at radius 1 is 1.15 bits per heavy atom. The molecule has 0 heterocycles. The molecule has 72 valence electrons. The van der Waals surface area contributed by atoms with Crippen LogP contribution in [-0.2, 0) is 6.05 Å². The van der Waals surface area contributed by atoms with Gasteiger partial charge in [-0.3, -0.25) is 0 Å². The highest BCUT2D eigenvalue weighted by Crippen LogP contribution is 2.30. The van der Waals surface area contributed by atoms with E-state index in [1.807, 2.05) is 0 Å². The second-order valence-corrected chi connectivity index (χ2v) is 3.38. The molecule has 1 nitrogen and oxygen atoms in total. The van der Waals surface area contributed by atoms with Crippen LogP contribution in [-0.4, -0.2) is 19.0 Å². The molecule has 0 fully saturated rings. The fraction of sp³-hybridized carbons (Fsp3) is 0.333. The molecule has 1 aromatic carbocycles. The molecule has 0 spiro atoms. The number of hydrogen-bond donors (Lipinski definition) is 0. The van der Waals surface area contributed by atoms with E-state index in [9.17, 15) is 8.78 Å². The minimum absolute atomic E-state index is 0.0538. The van der Waals surface area contributed by atoms with Gasteiger partial charge in [-0.05, 0) is 26.2 Å². The lowest BCUT2D eigenvalue weighted by molar-refractivity contribution is -0.130. The maximum absolute atomic E-state index is 13.3. The van der Waals surface area contributed by atoms with E-state index in [1.54, 1.807) is 0 Å². The van der Waals surface area contributed by atoms with Crippen LogP contribution in [0.15, 0.2) is 24.3 Å². The van der Waals surface area contributed by atoms with Crippen LogP contribution in [0.3, 0.4) is 0 Å². The Labute approximate surface area is 80.9 Å². The molecule has 0 bridgehead atoms. The number of benzene rings is 1. The quantitative estimate of drug-likeness (QED) is 0.671. The monoisotopic (exact) mass is 205 g/mol. The van der Waals surface area contributed by atoms with Gasteiger partial charge in [0.2, 0.25) is 0 Å². The summed E-state index contributed by atoms with van der Waals surface area (Å²) in [5.74, 6) is 0. The average Bonchev–Trinajstić information content (AvgIpc) is 2.04. The standard InChI is InChI=1S/C9H10ClF2N/c1-13(2)9(11,12)7-3-5-8(10)6-4-7/h3-6H,1-2H3. The number of hydrogen-bond acceptors (Lipinski definition) is 1. The Kier molecular flexibility index (Phi) is 2.88. The molecule has 0 aromatic heterocycles. The summed E-state index contributed by atoms with van der Waals surface area (Å²) >= 11 is 5.58. The maximum Gasteiger partial charge on any atom is 0.331 e. The van der Waals surface area contributed by atoms with Crippen LogP contribution in [0.4, 0.5) is 8.78 Å². The van der Waals surface area contributed by atoms with Crippen LogP contribution in [0.2, 0.25) is 5.02 Å². The Bertz CT molecular complexity index is 282. The van der Waals surface area contributed by atoms with Gasteiger partial charge < -0.3 is 0 Å². The van der Waals surface area contributed by atoms with Crippen molar-refractivity contribution in [3.05, 3.63) is 34.9 Å². The summed E-state index contributed by atoms with van der Waals surface area (Å²) in [7, 11) is 2.66. The van der Waals surface area contributed by atoms with Crippen LogP contribution in [0.5, 0.6) is 0 Å². The molecule has 1 aromatic rings. The molecule has 0 radical (unpaired) electrons. The first kappa shape index (κ1) is 10.4. The average molecular weight is 206 g/mol. The first-order chi connectivity index (χ1) is 5.94. The van der Waals surface area contributed by atoms with Crippen LogP contribution in [0, 0.1) is 0 Å². The van der Waals surface area contributed by atoms with E-state index in [4.69, 9.17) is 11.6 Å². The third-order valence-corrected chi connectivity index (χ3v) is 2.01. The summed E-state index contributed by atoms with van der Waals surface area (Å²) in [5.41, 5.74) is -0.0538. The predicted octanol–water partition coefficient (Wildman–Crippen LogP) is 2.95. The Balaban J connectivity index is 3.01. The largest absolute Gasteiger partial charge is 0.331 e. The first-order valence-corrected chi connectivity index (χ1v) is 4.13. The summed E-state index contributed by atoms with van der Waals surface area (Å²) in [6.07, 6.45) is 0. The van der Waals surface area contributed by atoms with Crippen molar-refractivity contribution in [3.63, 3.8) is 0 Å². The molecular formula is C9H10ClF2N. The van der Waals surface area contributed by atoms with Crippen molar-refractivity contribution < 1.29 is 8.78 Å². The van der Waals surface area contributed by atoms with Crippen LogP contribution in [0.25, 0.3) is 0 Å². The van der Waals surface area contributed by atoms with Gasteiger partial charge >= 0.3 is 6.05 Å². The lowest BCUT2D eigenvalue weighted by atomic mass is 10.2. The molecule has 0 unspecified atom stereocenters. The number of nitrogens with zero attached hydrogens (tertiary/aromatic N) is 1. The molecule has 0 amide bonds. The van der Waals surface area contributed by atoms with Gasteiger partial charge in [-0.2, -0.15) is 8.78 Å². The van der Waals surface area contributed by atoms with E-state index in [-0.39, 0.29) is 5.56 Å². The number of rotatable bonds is 2. The van der Waals surface area contributed by atoms with Crippen molar-refractivity contribution in [2.24, 2.45) is 0 Å². The minimum Gasteiger partial charge on any atom is -0.247 e. The third kappa shape index (κ3) is 2.17. The smallest absolute Gasteiger partial charge is 0.247 e. The van der Waals surface area contributed by atoms with Gasteiger partial charge in [0.05, 0.1) is 0 Å². The van der Waals surface area contributed by atoms with Gasteiger partial charge in [-0.15, -0.1) is 0 Å². The SMILES string of the molecule is CN(C)C(F)(F)c1ccc(Cl)cc1. The van der Waals surface area contributed by atoms with Crippen molar-refractivity contribution in [3.8, 4) is 0 Å². The number of alkyl halides is 2. The fourth-order valence-electron chi connectivity index (χ4n) is 0.909. The molecular weight excluding hydrogens is 196 g/mol. The highest BCUT2D eigenvalue weighted by atomic mass is 35.5. The van der Waals surface area contributed by atoms with Crippen molar-refractivity contribution in [2.75, 3.05) is 14.1 Å². The predicted molar refractivity (Wildman–Crippen MR) is 49.0 cm³/mol. The zero-order chi connectivity index (χ0) is 10.1. The highest BCUT2D eigenvalue weighted by molar-refractivity contribution is 6.30. The molecule has 13 heavy (non-hydrogen) atoms. The molecule has 0 aliphatic carbocycles. The zero-order valence-corrected chi connectivity index (χ0v) is 8.15. The van der Waals surface area contributed by atoms with Gasteiger partial charge in [0, 0.05) is 10.6 Å². The van der Waals surface area contributed by atoms with Crippen LogP contribution < -0.4 is 0 Å². The van der Waals surface area contributed by atoms with Crippen molar-refractivity contribution in [1.82, 2.24) is 4.90 Å². The van der Waals surface area contributed by atoms with Gasteiger partial charge in [0.15, 0.2) is 0 Å².